The Hall–Kier alpha value is -3.39. The maximum Gasteiger partial charge on any atom is 0.336 e. The van der Waals surface area contributed by atoms with Gasteiger partial charge in [0.1, 0.15) is 11.3 Å². The SMILES string of the molecule is Cc1cc(=O)oc2cc(OCC(=O)NC(C)c3nnc4ccccn34)c(Cl)cc12. The topological polar surface area (TPSA) is 98.7 Å². The van der Waals surface area contributed by atoms with Crippen molar-refractivity contribution < 1.29 is 13.9 Å². The van der Waals surface area contributed by atoms with E-state index in [2.05, 4.69) is 15.5 Å². The fourth-order valence-corrected chi connectivity index (χ4v) is 3.29. The molecule has 4 aromatic rings. The van der Waals surface area contributed by atoms with Crippen molar-refractivity contribution in [1.82, 2.24) is 19.9 Å². The van der Waals surface area contributed by atoms with Crippen molar-refractivity contribution in [3.63, 3.8) is 0 Å². The average Bonchev–Trinajstić information content (AvgIpc) is 3.11. The first kappa shape index (κ1) is 18.9. The Kier molecular flexibility index (Phi) is 4.94. The molecule has 3 aromatic heterocycles. The molecular formula is C20H17ClN4O4. The van der Waals surface area contributed by atoms with Crippen LogP contribution in [0.2, 0.25) is 5.02 Å². The second kappa shape index (κ2) is 7.56. The lowest BCUT2D eigenvalue weighted by Gasteiger charge is -2.14. The van der Waals surface area contributed by atoms with Crippen LogP contribution in [0.5, 0.6) is 5.75 Å². The Bertz CT molecular complexity index is 1280. The van der Waals surface area contributed by atoms with Crippen LogP contribution in [-0.4, -0.2) is 27.1 Å². The van der Waals surface area contributed by atoms with Crippen molar-refractivity contribution >= 4 is 34.1 Å². The van der Waals surface area contributed by atoms with Crippen LogP contribution in [0.1, 0.15) is 24.4 Å². The van der Waals surface area contributed by atoms with E-state index in [-0.39, 0.29) is 24.3 Å². The molecule has 29 heavy (non-hydrogen) atoms. The van der Waals surface area contributed by atoms with Gasteiger partial charge in [0, 0.05) is 23.7 Å². The number of nitrogens with one attached hydrogen (secondary N) is 1. The molecule has 0 aliphatic carbocycles. The molecule has 148 valence electrons. The number of carbonyl (C=O) groups excluding carboxylic acids is 1. The molecule has 1 N–H and O–H groups in total. The molecule has 8 nitrogen and oxygen atoms in total. The smallest absolute Gasteiger partial charge is 0.336 e. The second-order valence-corrected chi connectivity index (χ2v) is 7.00. The molecule has 1 unspecified atom stereocenters. The van der Waals surface area contributed by atoms with E-state index in [0.29, 0.717) is 27.5 Å². The van der Waals surface area contributed by atoms with E-state index in [9.17, 15) is 9.59 Å². The molecule has 9 heteroatoms. The lowest BCUT2D eigenvalue weighted by molar-refractivity contribution is -0.123. The molecule has 1 aromatic carbocycles. The van der Waals surface area contributed by atoms with Gasteiger partial charge in [0.15, 0.2) is 18.1 Å². The number of benzene rings is 1. The van der Waals surface area contributed by atoms with Crippen molar-refractivity contribution in [3.8, 4) is 5.75 Å². The van der Waals surface area contributed by atoms with Crippen LogP contribution < -0.4 is 15.7 Å². The number of fused-ring (bicyclic) bond motifs is 2. The van der Waals surface area contributed by atoms with Crippen molar-refractivity contribution in [3.05, 3.63) is 69.4 Å². The van der Waals surface area contributed by atoms with E-state index in [1.54, 1.807) is 17.4 Å². The highest BCUT2D eigenvalue weighted by Gasteiger charge is 2.17. The number of aromatic nitrogens is 3. The summed E-state index contributed by atoms with van der Waals surface area (Å²) in [5.74, 6) is 0.505. The lowest BCUT2D eigenvalue weighted by Crippen LogP contribution is -2.32. The van der Waals surface area contributed by atoms with Gasteiger partial charge in [0.25, 0.3) is 5.91 Å². The highest BCUT2D eigenvalue weighted by molar-refractivity contribution is 6.32. The van der Waals surface area contributed by atoms with Gasteiger partial charge in [0.05, 0.1) is 11.1 Å². The van der Waals surface area contributed by atoms with E-state index in [1.165, 1.54) is 12.1 Å². The van der Waals surface area contributed by atoms with Crippen LogP contribution >= 0.6 is 11.6 Å². The predicted molar refractivity (Wildman–Crippen MR) is 107 cm³/mol. The Morgan fingerprint density at radius 1 is 1.31 bits per heavy atom. The number of hydrogen-bond acceptors (Lipinski definition) is 6. The third-order valence-electron chi connectivity index (χ3n) is 4.47. The molecule has 1 atom stereocenters. The normalized spacial score (nSPS) is 12.2. The van der Waals surface area contributed by atoms with Crippen LogP contribution in [-0.2, 0) is 4.79 Å². The Balaban J connectivity index is 1.47. The Morgan fingerprint density at radius 3 is 2.97 bits per heavy atom. The zero-order valence-corrected chi connectivity index (χ0v) is 16.4. The number of carbonyl (C=O) groups is 1. The number of amides is 1. The van der Waals surface area contributed by atoms with Crippen molar-refractivity contribution in [1.29, 1.82) is 0 Å². The zero-order valence-electron chi connectivity index (χ0n) is 15.7. The molecule has 0 bridgehead atoms. The maximum absolute atomic E-state index is 12.3. The summed E-state index contributed by atoms with van der Waals surface area (Å²) in [6.45, 7) is 3.34. The number of nitrogens with zero attached hydrogens (tertiary/aromatic N) is 3. The summed E-state index contributed by atoms with van der Waals surface area (Å²) in [5.41, 5.74) is 1.32. The van der Waals surface area contributed by atoms with E-state index in [0.717, 1.165) is 5.56 Å². The predicted octanol–water partition coefficient (Wildman–Crippen LogP) is 3.05. The zero-order chi connectivity index (χ0) is 20.5. The molecule has 0 radical (unpaired) electrons. The molecule has 3 heterocycles. The second-order valence-electron chi connectivity index (χ2n) is 6.59. The first-order valence-electron chi connectivity index (χ1n) is 8.88. The third-order valence-corrected chi connectivity index (χ3v) is 4.76. The lowest BCUT2D eigenvalue weighted by atomic mass is 10.1. The van der Waals surface area contributed by atoms with E-state index < -0.39 is 5.63 Å². The number of halogens is 1. The molecular weight excluding hydrogens is 396 g/mol. The molecule has 0 spiro atoms. The van der Waals surface area contributed by atoms with Gasteiger partial charge in [-0.05, 0) is 37.6 Å². The van der Waals surface area contributed by atoms with Gasteiger partial charge in [0.2, 0.25) is 0 Å². The molecule has 0 aliphatic rings. The van der Waals surface area contributed by atoms with Crippen LogP contribution in [0.3, 0.4) is 0 Å². The number of ether oxygens (including phenoxy) is 1. The van der Waals surface area contributed by atoms with E-state index in [1.807, 2.05) is 31.3 Å². The summed E-state index contributed by atoms with van der Waals surface area (Å²) < 4.78 is 12.5. The molecule has 1 amide bonds. The largest absolute Gasteiger partial charge is 0.482 e. The first-order valence-corrected chi connectivity index (χ1v) is 9.26. The quantitative estimate of drug-likeness (QED) is 0.506. The van der Waals surface area contributed by atoms with Crippen molar-refractivity contribution in [2.45, 2.75) is 19.9 Å². The van der Waals surface area contributed by atoms with Gasteiger partial charge in [-0.3, -0.25) is 9.20 Å². The monoisotopic (exact) mass is 412 g/mol. The number of pyridine rings is 1. The first-order chi connectivity index (χ1) is 13.9. The maximum atomic E-state index is 12.3. The van der Waals surface area contributed by atoms with E-state index >= 15 is 0 Å². The minimum Gasteiger partial charge on any atom is -0.482 e. The summed E-state index contributed by atoms with van der Waals surface area (Å²) in [6, 6.07) is 9.72. The molecule has 4 rings (SSSR count). The molecule has 0 saturated carbocycles. The van der Waals surface area contributed by atoms with Crippen LogP contribution in [0, 0.1) is 6.92 Å². The standard InChI is InChI=1S/C20H17ClN4O4/c1-11-7-19(27)29-15-9-16(14(21)8-13(11)15)28-10-18(26)22-12(2)20-24-23-17-5-3-4-6-25(17)20/h3-9,12H,10H2,1-2H3,(H,22,26). The Morgan fingerprint density at radius 2 is 2.14 bits per heavy atom. The summed E-state index contributed by atoms with van der Waals surface area (Å²) in [4.78, 5) is 23.9. The highest BCUT2D eigenvalue weighted by atomic mass is 35.5. The third kappa shape index (κ3) is 3.79. The number of aryl methyl sites for hydroxylation is 1. The molecule has 0 fully saturated rings. The highest BCUT2D eigenvalue weighted by Crippen LogP contribution is 2.31. The fraction of sp³-hybridized carbons (Fsp3) is 0.200. The average molecular weight is 413 g/mol. The van der Waals surface area contributed by atoms with Gasteiger partial charge in [-0.15, -0.1) is 10.2 Å². The minimum absolute atomic E-state index is 0.253. The van der Waals surface area contributed by atoms with Gasteiger partial charge >= 0.3 is 5.63 Å². The summed E-state index contributed by atoms with van der Waals surface area (Å²) in [5, 5.41) is 12.0. The van der Waals surface area contributed by atoms with Gasteiger partial charge in [-0.25, -0.2) is 4.79 Å². The van der Waals surface area contributed by atoms with Crippen LogP contribution in [0.15, 0.2) is 51.8 Å². The molecule has 0 saturated heterocycles. The van der Waals surface area contributed by atoms with Crippen LogP contribution in [0.4, 0.5) is 0 Å². The minimum atomic E-state index is -0.463. The summed E-state index contributed by atoms with van der Waals surface area (Å²) >= 11 is 6.25. The van der Waals surface area contributed by atoms with Crippen molar-refractivity contribution in [2.75, 3.05) is 6.61 Å². The number of hydrogen-bond donors (Lipinski definition) is 1. The van der Waals surface area contributed by atoms with Gasteiger partial charge < -0.3 is 14.5 Å². The van der Waals surface area contributed by atoms with Gasteiger partial charge in [-0.2, -0.15) is 0 Å². The molecule has 0 aliphatic heterocycles. The van der Waals surface area contributed by atoms with Crippen LogP contribution in [0.25, 0.3) is 16.6 Å². The van der Waals surface area contributed by atoms with Crippen molar-refractivity contribution in [2.24, 2.45) is 0 Å². The summed E-state index contributed by atoms with van der Waals surface area (Å²) in [7, 11) is 0. The Labute approximate surface area is 170 Å². The fourth-order valence-electron chi connectivity index (χ4n) is 3.08. The number of rotatable bonds is 5. The van der Waals surface area contributed by atoms with E-state index in [4.69, 9.17) is 20.8 Å². The summed E-state index contributed by atoms with van der Waals surface area (Å²) in [6.07, 6.45) is 1.83. The van der Waals surface area contributed by atoms with Gasteiger partial charge in [-0.1, -0.05) is 17.7 Å².